The van der Waals surface area contributed by atoms with Crippen LogP contribution in [0.3, 0.4) is 0 Å². The van der Waals surface area contributed by atoms with Gasteiger partial charge in [0.1, 0.15) is 5.75 Å². The topological polar surface area (TPSA) is 68.5 Å². The molecule has 0 radical (unpaired) electrons. The molecule has 0 bridgehead atoms. The Morgan fingerprint density at radius 2 is 1.85 bits per heavy atom. The van der Waals surface area contributed by atoms with E-state index >= 15 is 0 Å². The first-order valence-electron chi connectivity index (χ1n) is 8.46. The van der Waals surface area contributed by atoms with Crippen LogP contribution < -0.4 is 4.74 Å². The van der Waals surface area contributed by atoms with Gasteiger partial charge in [-0.05, 0) is 43.7 Å². The molecule has 0 aliphatic heterocycles. The van der Waals surface area contributed by atoms with Crippen LogP contribution in [0.15, 0.2) is 65.4 Å². The largest absolute Gasteiger partial charge is 0.484 e. The van der Waals surface area contributed by atoms with E-state index in [1.165, 1.54) is 6.39 Å². The SMILES string of the molecule is CC(C)N(Cc1ccccc1)C(=O)COc1ccc(-c2nnco2)cc1. The summed E-state index contributed by atoms with van der Waals surface area (Å²) >= 11 is 0. The summed E-state index contributed by atoms with van der Waals surface area (Å²) in [5.74, 6) is 1.01. The van der Waals surface area contributed by atoms with Gasteiger partial charge in [-0.25, -0.2) is 0 Å². The van der Waals surface area contributed by atoms with E-state index < -0.39 is 0 Å². The van der Waals surface area contributed by atoms with E-state index in [0.29, 0.717) is 18.2 Å². The van der Waals surface area contributed by atoms with Crippen LogP contribution in [-0.2, 0) is 11.3 Å². The average Bonchev–Trinajstić information content (AvgIpc) is 3.20. The number of carbonyl (C=O) groups is 1. The minimum atomic E-state index is -0.0511. The molecule has 0 N–H and O–H groups in total. The van der Waals surface area contributed by atoms with E-state index in [-0.39, 0.29) is 18.6 Å². The predicted molar refractivity (Wildman–Crippen MR) is 97.4 cm³/mol. The van der Waals surface area contributed by atoms with Gasteiger partial charge in [-0.2, -0.15) is 0 Å². The molecule has 1 aromatic heterocycles. The van der Waals surface area contributed by atoms with Gasteiger partial charge in [0.15, 0.2) is 6.61 Å². The van der Waals surface area contributed by atoms with Crippen molar-refractivity contribution in [3.63, 3.8) is 0 Å². The van der Waals surface area contributed by atoms with Crippen molar-refractivity contribution >= 4 is 5.91 Å². The van der Waals surface area contributed by atoms with E-state index in [4.69, 9.17) is 9.15 Å². The summed E-state index contributed by atoms with van der Waals surface area (Å²) in [5, 5.41) is 7.51. The molecule has 1 amide bonds. The number of nitrogens with zero attached hydrogens (tertiary/aromatic N) is 3. The first kappa shape index (κ1) is 17.7. The first-order valence-corrected chi connectivity index (χ1v) is 8.46. The Balaban J connectivity index is 1.59. The fraction of sp³-hybridized carbons (Fsp3) is 0.250. The van der Waals surface area contributed by atoms with Crippen molar-refractivity contribution in [3.05, 3.63) is 66.6 Å². The lowest BCUT2D eigenvalue weighted by Crippen LogP contribution is -2.39. The van der Waals surface area contributed by atoms with Crippen molar-refractivity contribution in [2.45, 2.75) is 26.4 Å². The third-order valence-electron chi connectivity index (χ3n) is 3.96. The normalized spacial score (nSPS) is 10.7. The number of aromatic nitrogens is 2. The van der Waals surface area contributed by atoms with Crippen LogP contribution in [0.5, 0.6) is 5.75 Å². The minimum Gasteiger partial charge on any atom is -0.484 e. The number of carbonyl (C=O) groups excluding carboxylic acids is 1. The van der Waals surface area contributed by atoms with Crippen molar-refractivity contribution in [1.82, 2.24) is 15.1 Å². The van der Waals surface area contributed by atoms with Crippen molar-refractivity contribution < 1.29 is 13.9 Å². The van der Waals surface area contributed by atoms with Crippen molar-refractivity contribution in [2.75, 3.05) is 6.61 Å². The van der Waals surface area contributed by atoms with E-state index in [0.717, 1.165) is 11.1 Å². The van der Waals surface area contributed by atoms with E-state index in [1.54, 1.807) is 12.1 Å². The molecule has 0 aliphatic rings. The lowest BCUT2D eigenvalue weighted by Gasteiger charge is -2.27. The number of hydrogen-bond donors (Lipinski definition) is 0. The fourth-order valence-corrected chi connectivity index (χ4v) is 2.56. The Kier molecular flexibility index (Phi) is 5.63. The summed E-state index contributed by atoms with van der Waals surface area (Å²) in [7, 11) is 0. The Bertz CT molecular complexity index is 815. The first-order chi connectivity index (χ1) is 12.6. The molecule has 0 saturated carbocycles. The average molecular weight is 351 g/mol. The van der Waals surface area contributed by atoms with Gasteiger partial charge in [0.2, 0.25) is 12.3 Å². The Morgan fingerprint density at radius 1 is 1.12 bits per heavy atom. The Morgan fingerprint density at radius 3 is 2.46 bits per heavy atom. The van der Waals surface area contributed by atoms with Crippen LogP contribution >= 0.6 is 0 Å². The van der Waals surface area contributed by atoms with Gasteiger partial charge < -0.3 is 14.1 Å². The maximum Gasteiger partial charge on any atom is 0.261 e. The van der Waals surface area contributed by atoms with Gasteiger partial charge in [-0.15, -0.1) is 10.2 Å². The zero-order chi connectivity index (χ0) is 18.4. The van der Waals surface area contributed by atoms with Crippen LogP contribution in [0.2, 0.25) is 0 Å². The highest BCUT2D eigenvalue weighted by molar-refractivity contribution is 5.78. The molecule has 2 aromatic carbocycles. The van der Waals surface area contributed by atoms with Crippen LogP contribution in [0.4, 0.5) is 0 Å². The number of ether oxygens (including phenoxy) is 1. The predicted octanol–water partition coefficient (Wildman–Crippen LogP) is 3.55. The Hall–Kier alpha value is -3.15. The van der Waals surface area contributed by atoms with E-state index in [9.17, 15) is 4.79 Å². The molecule has 1 heterocycles. The molecule has 0 unspecified atom stereocenters. The second-order valence-electron chi connectivity index (χ2n) is 6.16. The smallest absolute Gasteiger partial charge is 0.261 e. The number of amides is 1. The van der Waals surface area contributed by atoms with Gasteiger partial charge in [0.05, 0.1) is 0 Å². The molecule has 3 rings (SSSR count). The molecule has 3 aromatic rings. The quantitative estimate of drug-likeness (QED) is 0.651. The van der Waals surface area contributed by atoms with E-state index in [2.05, 4.69) is 10.2 Å². The molecule has 0 fully saturated rings. The molecule has 6 heteroatoms. The molecule has 0 atom stereocenters. The summed E-state index contributed by atoms with van der Waals surface area (Å²) in [5.41, 5.74) is 1.90. The number of hydrogen-bond acceptors (Lipinski definition) is 5. The minimum absolute atomic E-state index is 0.00901. The molecule has 0 spiro atoms. The van der Waals surface area contributed by atoms with Crippen molar-refractivity contribution in [1.29, 1.82) is 0 Å². The second-order valence-corrected chi connectivity index (χ2v) is 6.16. The van der Waals surface area contributed by atoms with Crippen LogP contribution in [-0.4, -0.2) is 33.7 Å². The lowest BCUT2D eigenvalue weighted by molar-refractivity contribution is -0.135. The monoisotopic (exact) mass is 351 g/mol. The standard InChI is InChI=1S/C20H21N3O3/c1-15(2)23(12-16-6-4-3-5-7-16)19(24)13-25-18-10-8-17(9-11-18)20-22-21-14-26-20/h3-11,14-15H,12-13H2,1-2H3. The summed E-state index contributed by atoms with van der Waals surface area (Å²) in [6.07, 6.45) is 1.28. The molecule has 134 valence electrons. The summed E-state index contributed by atoms with van der Waals surface area (Å²) in [6, 6.07) is 17.2. The third-order valence-corrected chi connectivity index (χ3v) is 3.96. The van der Waals surface area contributed by atoms with E-state index in [1.807, 2.05) is 61.2 Å². The zero-order valence-electron chi connectivity index (χ0n) is 14.8. The van der Waals surface area contributed by atoms with Crippen molar-refractivity contribution in [2.24, 2.45) is 0 Å². The highest BCUT2D eigenvalue weighted by atomic mass is 16.5. The molecule has 0 aliphatic carbocycles. The Labute approximate surface area is 152 Å². The number of rotatable bonds is 7. The maximum atomic E-state index is 12.6. The summed E-state index contributed by atoms with van der Waals surface area (Å²) < 4.78 is 10.8. The van der Waals surface area contributed by atoms with Crippen LogP contribution in [0, 0.1) is 0 Å². The van der Waals surface area contributed by atoms with Gasteiger partial charge in [-0.1, -0.05) is 30.3 Å². The fourth-order valence-electron chi connectivity index (χ4n) is 2.56. The van der Waals surface area contributed by atoms with Crippen LogP contribution in [0.25, 0.3) is 11.5 Å². The second kappa shape index (κ2) is 8.29. The highest BCUT2D eigenvalue weighted by Crippen LogP contribution is 2.20. The van der Waals surface area contributed by atoms with Crippen LogP contribution in [0.1, 0.15) is 19.4 Å². The summed E-state index contributed by atoms with van der Waals surface area (Å²) in [6.45, 7) is 4.56. The maximum absolute atomic E-state index is 12.6. The van der Waals surface area contributed by atoms with Crippen molar-refractivity contribution in [3.8, 4) is 17.2 Å². The zero-order valence-corrected chi connectivity index (χ0v) is 14.8. The summed E-state index contributed by atoms with van der Waals surface area (Å²) in [4.78, 5) is 14.4. The molecular formula is C20H21N3O3. The lowest BCUT2D eigenvalue weighted by atomic mass is 10.2. The molecule has 0 saturated heterocycles. The molecular weight excluding hydrogens is 330 g/mol. The van der Waals surface area contributed by atoms with Gasteiger partial charge in [0, 0.05) is 18.2 Å². The highest BCUT2D eigenvalue weighted by Gasteiger charge is 2.18. The molecule has 26 heavy (non-hydrogen) atoms. The van der Waals surface area contributed by atoms with Gasteiger partial charge >= 0.3 is 0 Å². The molecule has 6 nitrogen and oxygen atoms in total. The van der Waals surface area contributed by atoms with Gasteiger partial charge in [0.25, 0.3) is 5.91 Å². The number of benzene rings is 2. The van der Waals surface area contributed by atoms with Gasteiger partial charge in [-0.3, -0.25) is 4.79 Å². The third kappa shape index (κ3) is 4.47.